The van der Waals surface area contributed by atoms with Crippen molar-refractivity contribution in [3.63, 3.8) is 0 Å². The van der Waals surface area contributed by atoms with Crippen molar-refractivity contribution in [2.24, 2.45) is 5.73 Å². The Balaban J connectivity index is 0.00000289. The number of carbonyl (C=O) groups is 1. The zero-order valence-corrected chi connectivity index (χ0v) is 11.6. The number of aliphatic hydroxyl groups is 1. The first-order chi connectivity index (χ1) is 7.69. The molecule has 1 aliphatic rings. The van der Waals surface area contributed by atoms with Crippen LogP contribution in [0.5, 0.6) is 0 Å². The third-order valence-corrected chi connectivity index (χ3v) is 4.94. The molecule has 0 aromatic heterocycles. The Morgan fingerprint density at radius 3 is 2.50 bits per heavy atom. The third kappa shape index (κ3) is 3.98. The molecule has 0 aromatic carbocycles. The lowest BCUT2D eigenvalue weighted by Crippen LogP contribution is -2.60. The van der Waals surface area contributed by atoms with Gasteiger partial charge in [0, 0.05) is 12.8 Å². The molecule has 1 saturated carbocycles. The molecule has 0 saturated heterocycles. The van der Waals surface area contributed by atoms with E-state index in [1.807, 2.05) is 0 Å². The largest absolute Gasteiger partial charge is 0.465 e. The first-order valence-electron chi connectivity index (χ1n) is 5.30. The molecule has 3 unspecified atom stereocenters. The number of hydrogen-bond donors (Lipinski definition) is 4. The summed E-state index contributed by atoms with van der Waals surface area (Å²) >= 11 is 0. The molecule has 1 rings (SSSR count). The number of hydrogen-bond acceptors (Lipinski definition) is 5. The van der Waals surface area contributed by atoms with Crippen LogP contribution in [-0.2, 0) is 9.84 Å². The molecular weight excluding hydrogens is 284 g/mol. The second-order valence-corrected chi connectivity index (χ2v) is 6.86. The van der Waals surface area contributed by atoms with Gasteiger partial charge in [-0.1, -0.05) is 0 Å². The Bertz CT molecular complexity index is 402. The summed E-state index contributed by atoms with van der Waals surface area (Å²) in [5.41, 5.74) is 4.06. The van der Waals surface area contributed by atoms with Crippen LogP contribution in [0.25, 0.3) is 0 Å². The molecule has 0 aliphatic heterocycles. The SMILES string of the molecule is CS(=O)(=O)C1CCC(O)(CN)C(NC(=O)O)C1.Cl. The highest BCUT2D eigenvalue weighted by Gasteiger charge is 2.44. The number of amides is 1. The second kappa shape index (κ2) is 6.05. The number of nitrogens with one attached hydrogen (secondary N) is 1. The molecule has 0 radical (unpaired) electrons. The van der Waals surface area contributed by atoms with E-state index in [4.69, 9.17) is 10.8 Å². The van der Waals surface area contributed by atoms with E-state index < -0.39 is 32.8 Å². The van der Waals surface area contributed by atoms with Crippen LogP contribution in [0.1, 0.15) is 19.3 Å². The Morgan fingerprint density at radius 2 is 2.11 bits per heavy atom. The van der Waals surface area contributed by atoms with E-state index in [-0.39, 0.29) is 31.8 Å². The van der Waals surface area contributed by atoms with Gasteiger partial charge in [-0.15, -0.1) is 12.4 Å². The smallest absolute Gasteiger partial charge is 0.404 e. The van der Waals surface area contributed by atoms with Gasteiger partial charge in [0.15, 0.2) is 0 Å². The lowest BCUT2D eigenvalue weighted by atomic mass is 9.80. The fraction of sp³-hybridized carbons (Fsp3) is 0.889. The first kappa shape index (κ1) is 17.4. The second-order valence-electron chi connectivity index (χ2n) is 4.54. The summed E-state index contributed by atoms with van der Waals surface area (Å²) in [5.74, 6) is 0. The van der Waals surface area contributed by atoms with Crippen LogP contribution in [0.2, 0.25) is 0 Å². The summed E-state index contributed by atoms with van der Waals surface area (Å²) < 4.78 is 22.9. The number of rotatable bonds is 3. The van der Waals surface area contributed by atoms with E-state index >= 15 is 0 Å². The van der Waals surface area contributed by atoms with E-state index in [9.17, 15) is 18.3 Å². The summed E-state index contributed by atoms with van der Waals surface area (Å²) in [5, 5.41) is 20.3. The highest BCUT2D eigenvalue weighted by molar-refractivity contribution is 7.91. The average molecular weight is 303 g/mol. The Morgan fingerprint density at radius 1 is 1.56 bits per heavy atom. The minimum absolute atomic E-state index is 0. The molecule has 5 N–H and O–H groups in total. The standard InChI is InChI=1S/C9H18N2O5S.ClH/c1-17(15,16)6-2-3-9(14,5-10)7(4-6)11-8(12)13;/h6-7,11,14H,2-5,10H2,1H3,(H,12,13);1H. The third-order valence-electron chi connectivity index (χ3n) is 3.30. The fourth-order valence-corrected chi connectivity index (χ4v) is 3.25. The van der Waals surface area contributed by atoms with Crippen LogP contribution >= 0.6 is 12.4 Å². The maximum Gasteiger partial charge on any atom is 0.404 e. The number of carboxylic acid groups (broad SMARTS) is 1. The lowest BCUT2D eigenvalue weighted by Gasteiger charge is -2.41. The summed E-state index contributed by atoms with van der Waals surface area (Å²) in [7, 11) is -3.24. The minimum atomic E-state index is -3.24. The van der Waals surface area contributed by atoms with Crippen LogP contribution in [0.3, 0.4) is 0 Å². The van der Waals surface area contributed by atoms with Crippen LogP contribution in [0.4, 0.5) is 4.79 Å². The predicted molar refractivity (Wildman–Crippen MR) is 68.7 cm³/mol. The molecule has 0 heterocycles. The molecule has 1 aliphatic carbocycles. The van der Waals surface area contributed by atoms with Gasteiger partial charge in [-0.3, -0.25) is 0 Å². The maximum absolute atomic E-state index is 11.4. The molecule has 18 heavy (non-hydrogen) atoms. The van der Waals surface area contributed by atoms with Gasteiger partial charge < -0.3 is 21.3 Å². The van der Waals surface area contributed by atoms with E-state index in [1.165, 1.54) is 0 Å². The Hall–Kier alpha value is -0.570. The van der Waals surface area contributed by atoms with Crippen molar-refractivity contribution in [3.05, 3.63) is 0 Å². The molecule has 7 nitrogen and oxygen atoms in total. The molecule has 0 spiro atoms. The van der Waals surface area contributed by atoms with Gasteiger partial charge >= 0.3 is 6.09 Å². The van der Waals surface area contributed by atoms with Crippen molar-refractivity contribution in [1.29, 1.82) is 0 Å². The van der Waals surface area contributed by atoms with Gasteiger partial charge in [-0.2, -0.15) is 0 Å². The predicted octanol–water partition coefficient (Wildman–Crippen LogP) is -0.669. The zero-order chi connectivity index (χ0) is 13.3. The molecular formula is C9H19ClN2O5S. The summed E-state index contributed by atoms with van der Waals surface area (Å²) in [6.45, 7) is -0.103. The topological polar surface area (TPSA) is 130 Å². The summed E-state index contributed by atoms with van der Waals surface area (Å²) in [4.78, 5) is 10.6. The quantitative estimate of drug-likeness (QED) is 0.547. The highest BCUT2D eigenvalue weighted by Crippen LogP contribution is 2.31. The number of sulfone groups is 1. The van der Waals surface area contributed by atoms with Gasteiger partial charge in [-0.05, 0) is 19.3 Å². The van der Waals surface area contributed by atoms with Gasteiger partial charge in [0.2, 0.25) is 0 Å². The number of halogens is 1. The van der Waals surface area contributed by atoms with Crippen LogP contribution in [-0.4, -0.2) is 54.4 Å². The van der Waals surface area contributed by atoms with Crippen LogP contribution < -0.4 is 11.1 Å². The fourth-order valence-electron chi connectivity index (χ4n) is 2.16. The van der Waals surface area contributed by atoms with Crippen molar-refractivity contribution in [2.75, 3.05) is 12.8 Å². The maximum atomic E-state index is 11.4. The van der Waals surface area contributed by atoms with Crippen LogP contribution in [0, 0.1) is 0 Å². The average Bonchev–Trinajstić information content (AvgIpc) is 2.19. The number of nitrogens with two attached hydrogens (primary N) is 1. The van der Waals surface area contributed by atoms with Gasteiger partial charge in [0.25, 0.3) is 0 Å². The molecule has 3 atom stereocenters. The molecule has 0 aromatic rings. The molecule has 1 amide bonds. The summed E-state index contributed by atoms with van der Waals surface area (Å²) in [6.07, 6.45) is 0.341. The minimum Gasteiger partial charge on any atom is -0.465 e. The van der Waals surface area contributed by atoms with Crippen LogP contribution in [0.15, 0.2) is 0 Å². The Kier molecular flexibility index (Phi) is 5.86. The van der Waals surface area contributed by atoms with Crippen molar-refractivity contribution < 1.29 is 23.4 Å². The van der Waals surface area contributed by atoms with Gasteiger partial charge in [0.05, 0.1) is 16.9 Å². The first-order valence-corrected chi connectivity index (χ1v) is 7.25. The van der Waals surface area contributed by atoms with Gasteiger partial charge in [0.1, 0.15) is 9.84 Å². The van der Waals surface area contributed by atoms with Crippen molar-refractivity contribution >= 4 is 28.3 Å². The van der Waals surface area contributed by atoms with Crippen molar-refractivity contribution in [1.82, 2.24) is 5.32 Å². The van der Waals surface area contributed by atoms with E-state index in [2.05, 4.69) is 5.32 Å². The van der Waals surface area contributed by atoms with E-state index in [0.29, 0.717) is 6.42 Å². The molecule has 9 heteroatoms. The van der Waals surface area contributed by atoms with E-state index in [0.717, 1.165) is 6.26 Å². The molecule has 1 fully saturated rings. The highest BCUT2D eigenvalue weighted by atomic mass is 35.5. The normalized spacial score (nSPS) is 32.4. The molecule has 108 valence electrons. The lowest BCUT2D eigenvalue weighted by molar-refractivity contribution is -0.0160. The van der Waals surface area contributed by atoms with Crippen molar-refractivity contribution in [2.45, 2.75) is 36.2 Å². The summed E-state index contributed by atoms with van der Waals surface area (Å²) in [6, 6.07) is -0.849. The van der Waals surface area contributed by atoms with Gasteiger partial charge in [-0.25, -0.2) is 13.2 Å². The monoisotopic (exact) mass is 302 g/mol. The zero-order valence-electron chi connectivity index (χ0n) is 10.00. The molecule has 0 bridgehead atoms. The Labute approximate surface area is 112 Å². The van der Waals surface area contributed by atoms with Crippen molar-refractivity contribution in [3.8, 4) is 0 Å². The van der Waals surface area contributed by atoms with E-state index in [1.54, 1.807) is 0 Å².